The first-order valence-electron chi connectivity index (χ1n) is 7.05. The number of aryl methyl sites for hydroxylation is 1. The van der Waals surface area contributed by atoms with Crippen LogP contribution in [0.1, 0.15) is 45.4 Å². The monoisotopic (exact) mass is 268 g/mol. The van der Waals surface area contributed by atoms with E-state index in [2.05, 4.69) is 22.3 Å². The SMILES string of the molecule is CCNC1CCCCCCC1Sc1ncnn1C. The Bertz CT molecular complexity index is 353. The highest BCUT2D eigenvalue weighted by atomic mass is 32.2. The molecule has 2 rings (SSSR count). The zero-order valence-corrected chi connectivity index (χ0v) is 12.2. The largest absolute Gasteiger partial charge is 0.313 e. The number of rotatable bonds is 4. The Morgan fingerprint density at radius 3 is 2.78 bits per heavy atom. The highest BCUT2D eigenvalue weighted by Crippen LogP contribution is 2.31. The van der Waals surface area contributed by atoms with Gasteiger partial charge in [0.15, 0.2) is 5.16 Å². The van der Waals surface area contributed by atoms with Crippen molar-refractivity contribution in [2.45, 2.75) is 61.9 Å². The van der Waals surface area contributed by atoms with E-state index in [1.165, 1.54) is 38.5 Å². The maximum Gasteiger partial charge on any atom is 0.186 e. The Kier molecular flexibility index (Phi) is 5.50. The summed E-state index contributed by atoms with van der Waals surface area (Å²) in [5.74, 6) is 0. The van der Waals surface area contributed by atoms with Crippen LogP contribution in [0.4, 0.5) is 0 Å². The van der Waals surface area contributed by atoms with Crippen LogP contribution in [-0.4, -0.2) is 32.6 Å². The molecule has 5 heteroatoms. The highest BCUT2D eigenvalue weighted by molar-refractivity contribution is 7.99. The molecule has 0 amide bonds. The maximum absolute atomic E-state index is 4.35. The molecule has 0 aromatic carbocycles. The summed E-state index contributed by atoms with van der Waals surface area (Å²) in [6.07, 6.45) is 9.70. The molecular formula is C13H24N4S. The normalized spacial score (nSPS) is 25.7. The first-order valence-corrected chi connectivity index (χ1v) is 7.93. The molecule has 2 atom stereocenters. The van der Waals surface area contributed by atoms with E-state index in [4.69, 9.17) is 0 Å². The van der Waals surface area contributed by atoms with Crippen LogP contribution in [0.3, 0.4) is 0 Å². The zero-order valence-electron chi connectivity index (χ0n) is 11.4. The third-order valence-electron chi connectivity index (χ3n) is 3.60. The average molecular weight is 268 g/mol. The van der Waals surface area contributed by atoms with Gasteiger partial charge in [0.1, 0.15) is 6.33 Å². The summed E-state index contributed by atoms with van der Waals surface area (Å²) in [6.45, 7) is 3.25. The Morgan fingerprint density at radius 1 is 1.33 bits per heavy atom. The topological polar surface area (TPSA) is 42.7 Å². The summed E-state index contributed by atoms with van der Waals surface area (Å²) in [5.41, 5.74) is 0. The van der Waals surface area contributed by atoms with Crippen molar-refractivity contribution < 1.29 is 0 Å². The second kappa shape index (κ2) is 7.14. The smallest absolute Gasteiger partial charge is 0.186 e. The molecule has 0 aliphatic heterocycles. The summed E-state index contributed by atoms with van der Waals surface area (Å²) >= 11 is 1.90. The minimum Gasteiger partial charge on any atom is -0.313 e. The van der Waals surface area contributed by atoms with Crippen molar-refractivity contribution in [3.8, 4) is 0 Å². The third kappa shape index (κ3) is 3.72. The summed E-state index contributed by atoms with van der Waals surface area (Å²) in [5, 5.41) is 9.49. The molecule has 1 aromatic heterocycles. The van der Waals surface area contributed by atoms with Crippen molar-refractivity contribution in [2.24, 2.45) is 7.05 Å². The molecule has 1 N–H and O–H groups in total. The Hall–Kier alpha value is -0.550. The van der Waals surface area contributed by atoms with Crippen LogP contribution in [0.25, 0.3) is 0 Å². The summed E-state index contributed by atoms with van der Waals surface area (Å²) in [4.78, 5) is 4.35. The van der Waals surface area contributed by atoms with Crippen LogP contribution in [0, 0.1) is 0 Å². The number of nitrogens with one attached hydrogen (secondary N) is 1. The van der Waals surface area contributed by atoms with E-state index in [1.54, 1.807) is 6.33 Å². The van der Waals surface area contributed by atoms with E-state index in [-0.39, 0.29) is 0 Å². The molecule has 18 heavy (non-hydrogen) atoms. The van der Waals surface area contributed by atoms with Crippen molar-refractivity contribution in [1.82, 2.24) is 20.1 Å². The van der Waals surface area contributed by atoms with Crippen molar-refractivity contribution in [3.63, 3.8) is 0 Å². The molecule has 4 nitrogen and oxygen atoms in total. The lowest BCUT2D eigenvalue weighted by molar-refractivity contribution is 0.405. The fourth-order valence-electron chi connectivity index (χ4n) is 2.61. The first kappa shape index (κ1) is 13.9. The van der Waals surface area contributed by atoms with Gasteiger partial charge in [-0.15, -0.1) is 0 Å². The lowest BCUT2D eigenvalue weighted by Gasteiger charge is -2.29. The Morgan fingerprint density at radius 2 is 2.11 bits per heavy atom. The molecule has 1 saturated carbocycles. The van der Waals surface area contributed by atoms with Crippen LogP contribution in [-0.2, 0) is 7.05 Å². The number of hydrogen-bond acceptors (Lipinski definition) is 4. The van der Waals surface area contributed by atoms with Gasteiger partial charge in [-0.3, -0.25) is 0 Å². The molecule has 1 fully saturated rings. The minimum atomic E-state index is 0.622. The Labute approximate surface area is 114 Å². The van der Waals surface area contributed by atoms with Crippen LogP contribution < -0.4 is 5.32 Å². The van der Waals surface area contributed by atoms with Crippen molar-refractivity contribution in [3.05, 3.63) is 6.33 Å². The number of thioether (sulfide) groups is 1. The average Bonchev–Trinajstić information content (AvgIpc) is 2.73. The van der Waals surface area contributed by atoms with E-state index in [9.17, 15) is 0 Å². The molecule has 0 spiro atoms. The molecule has 1 aliphatic rings. The lowest BCUT2D eigenvalue weighted by atomic mass is 9.96. The molecule has 0 saturated heterocycles. The van der Waals surface area contributed by atoms with Crippen molar-refractivity contribution in [1.29, 1.82) is 0 Å². The van der Waals surface area contributed by atoms with Crippen molar-refractivity contribution in [2.75, 3.05) is 6.54 Å². The fraction of sp³-hybridized carbons (Fsp3) is 0.846. The van der Waals surface area contributed by atoms with Crippen LogP contribution in [0.2, 0.25) is 0 Å². The van der Waals surface area contributed by atoms with Gasteiger partial charge in [0.2, 0.25) is 0 Å². The van der Waals surface area contributed by atoms with Gasteiger partial charge in [0, 0.05) is 18.3 Å². The zero-order chi connectivity index (χ0) is 12.8. The van der Waals surface area contributed by atoms with E-state index in [0.29, 0.717) is 11.3 Å². The molecule has 0 bridgehead atoms. The fourth-order valence-corrected chi connectivity index (χ4v) is 3.87. The van der Waals surface area contributed by atoms with Gasteiger partial charge in [-0.2, -0.15) is 5.10 Å². The molecule has 1 aromatic rings. The summed E-state index contributed by atoms with van der Waals surface area (Å²) < 4.78 is 1.88. The van der Waals surface area contributed by atoms with E-state index in [0.717, 1.165) is 11.7 Å². The highest BCUT2D eigenvalue weighted by Gasteiger charge is 2.24. The standard InChI is InChI=1S/C13H24N4S/c1-3-14-11-8-6-4-5-7-9-12(11)18-13-15-10-16-17(13)2/h10-12,14H,3-9H2,1-2H3. The van der Waals surface area contributed by atoms with Crippen molar-refractivity contribution >= 4 is 11.8 Å². The lowest BCUT2D eigenvalue weighted by Crippen LogP contribution is -2.38. The molecule has 1 aliphatic carbocycles. The Balaban J connectivity index is 2.02. The molecular weight excluding hydrogens is 244 g/mol. The third-order valence-corrected chi connectivity index (χ3v) is 5.04. The summed E-state index contributed by atoms with van der Waals surface area (Å²) in [6, 6.07) is 0.622. The number of nitrogens with zero attached hydrogens (tertiary/aromatic N) is 3. The second-order valence-corrected chi connectivity index (χ2v) is 6.18. The van der Waals surface area contributed by atoms with Crippen LogP contribution in [0.15, 0.2) is 11.5 Å². The van der Waals surface area contributed by atoms with Gasteiger partial charge in [0.25, 0.3) is 0 Å². The molecule has 1 heterocycles. The first-order chi connectivity index (χ1) is 8.81. The predicted octanol–water partition coefficient (Wildman–Crippen LogP) is 2.61. The summed E-state index contributed by atoms with van der Waals surface area (Å²) in [7, 11) is 1.97. The van der Waals surface area contributed by atoms with E-state index >= 15 is 0 Å². The van der Waals surface area contributed by atoms with E-state index in [1.807, 2.05) is 23.5 Å². The van der Waals surface area contributed by atoms with Gasteiger partial charge in [-0.05, 0) is 19.4 Å². The van der Waals surface area contributed by atoms with Gasteiger partial charge in [-0.1, -0.05) is 44.4 Å². The van der Waals surface area contributed by atoms with Gasteiger partial charge >= 0.3 is 0 Å². The van der Waals surface area contributed by atoms with Crippen LogP contribution >= 0.6 is 11.8 Å². The van der Waals surface area contributed by atoms with Gasteiger partial charge in [-0.25, -0.2) is 9.67 Å². The molecule has 102 valence electrons. The predicted molar refractivity (Wildman–Crippen MR) is 75.8 cm³/mol. The van der Waals surface area contributed by atoms with Crippen LogP contribution in [0.5, 0.6) is 0 Å². The molecule has 0 radical (unpaired) electrons. The number of aromatic nitrogens is 3. The minimum absolute atomic E-state index is 0.622. The van der Waals surface area contributed by atoms with E-state index < -0.39 is 0 Å². The quantitative estimate of drug-likeness (QED) is 0.911. The maximum atomic E-state index is 4.35. The van der Waals surface area contributed by atoms with Gasteiger partial charge < -0.3 is 5.32 Å². The second-order valence-electron chi connectivity index (χ2n) is 4.98. The van der Waals surface area contributed by atoms with Gasteiger partial charge in [0.05, 0.1) is 0 Å². The molecule has 2 unspecified atom stereocenters. The number of hydrogen-bond donors (Lipinski definition) is 1.